The van der Waals surface area contributed by atoms with E-state index >= 15 is 0 Å². The maximum absolute atomic E-state index is 10.9. The third-order valence-corrected chi connectivity index (χ3v) is 0.643. The fraction of sp³-hybridized carbons (Fsp3) is 0.500. The molecule has 0 radical (unpaired) electrons. The smallest absolute Gasteiger partial charge is 0.298 e. The second kappa shape index (κ2) is 6.02. The first-order valence-corrected chi connectivity index (χ1v) is 1.95. The van der Waals surface area contributed by atoms with Crippen molar-refractivity contribution in [2.75, 3.05) is 0 Å². The van der Waals surface area contributed by atoms with E-state index in [0.717, 1.165) is 0 Å². The van der Waals surface area contributed by atoms with Crippen molar-refractivity contribution < 1.29 is 32.6 Å². The number of alkyl halides is 3. The summed E-state index contributed by atoms with van der Waals surface area (Å²) < 4.78 is 32.6. The van der Waals surface area contributed by atoms with Crippen molar-refractivity contribution in [1.82, 2.24) is 0 Å². The molecule has 0 atom stereocenters. The Kier molecular flexibility index (Phi) is 11.2. The Labute approximate surface area is 79.2 Å². The molecule has 0 saturated carbocycles. The van der Waals surface area contributed by atoms with Crippen molar-refractivity contribution in [3.05, 3.63) is 4.84 Å². The van der Waals surface area contributed by atoms with Crippen molar-refractivity contribution in [3.8, 4) is 0 Å². The summed E-state index contributed by atoms with van der Waals surface area (Å²) in [5.74, 6) is 0. The second-order valence-corrected chi connectivity index (χ2v) is 1.71. The van der Waals surface area contributed by atoms with Gasteiger partial charge in [0.1, 0.15) is 0 Å². The first kappa shape index (κ1) is 16.7. The van der Waals surface area contributed by atoms with Crippen molar-refractivity contribution in [2.24, 2.45) is 0 Å². The van der Waals surface area contributed by atoms with Gasteiger partial charge < -0.3 is 23.2 Å². The minimum absolute atomic E-state index is 0. The third-order valence-electron chi connectivity index (χ3n) is 0.214. The molecule has 0 aromatic rings. The van der Waals surface area contributed by atoms with Crippen molar-refractivity contribution in [1.29, 1.82) is 0 Å². The number of rotatable bonds is 0. The van der Waals surface area contributed by atoms with E-state index in [1.54, 1.807) is 0 Å². The van der Waals surface area contributed by atoms with Gasteiger partial charge in [0, 0.05) is 19.5 Å². The van der Waals surface area contributed by atoms with Crippen LogP contribution in [0.3, 0.4) is 0 Å². The Morgan fingerprint density at radius 2 is 1.22 bits per heavy atom. The molecule has 0 rings (SSSR count). The zero-order valence-corrected chi connectivity index (χ0v) is 9.30. The molecular weight excluding hydrogens is 253 g/mol. The van der Waals surface area contributed by atoms with Gasteiger partial charge in [-0.1, -0.05) is 0 Å². The molecule has 0 bridgehead atoms. The molecule has 0 fully saturated rings. The zero-order valence-electron chi connectivity index (χ0n) is 4.01. The van der Waals surface area contributed by atoms with Gasteiger partial charge in [0.15, 0.2) is 0 Å². The topological polar surface area (TPSA) is 0 Å². The van der Waals surface area contributed by atoms with Crippen LogP contribution in [0.25, 0.3) is 0 Å². The Morgan fingerprint density at radius 1 is 1.11 bits per heavy atom. The molecule has 0 spiro atoms. The normalized spacial score (nSPS) is 10.0. The zero-order chi connectivity index (χ0) is 6.08. The van der Waals surface area contributed by atoms with E-state index in [4.69, 9.17) is 0 Å². The molecule has 7 heteroatoms. The molecule has 0 aliphatic carbocycles. The van der Waals surface area contributed by atoms with Crippen LogP contribution in [-0.2, 0) is 19.5 Å². The Bertz CT molecular complexity index is 62.6. The molecule has 0 unspecified atom stereocenters. The van der Waals surface area contributed by atoms with E-state index in [-0.39, 0.29) is 31.9 Å². The molecule has 9 heavy (non-hydrogen) atoms. The average Bonchev–Trinajstić information content (AvgIpc) is 1.31. The first-order chi connectivity index (χ1) is 2.94. The molecule has 0 amide bonds. The molecule has 0 N–H and O–H groups in total. The minimum atomic E-state index is -4.55. The minimum Gasteiger partial charge on any atom is -0.320 e. The van der Waals surface area contributed by atoms with Gasteiger partial charge in [-0.15, -0.1) is 12.4 Å². The molecular formula is C2HCl3F3Zn-. The van der Waals surface area contributed by atoms with Gasteiger partial charge >= 0.3 is 0 Å². The van der Waals surface area contributed by atoms with Gasteiger partial charge in [-0.3, -0.25) is 0 Å². The summed E-state index contributed by atoms with van der Waals surface area (Å²) in [6.45, 7) is 0. The van der Waals surface area contributed by atoms with Crippen LogP contribution >= 0.6 is 35.6 Å². The van der Waals surface area contributed by atoms with Gasteiger partial charge in [-0.05, 0) is 4.84 Å². The monoisotopic (exact) mass is 251 g/mol. The SMILES string of the molecule is Cl.FC(F)(F)[C-](Cl)Cl.[Zn]. The van der Waals surface area contributed by atoms with E-state index in [1.165, 1.54) is 0 Å². The Morgan fingerprint density at radius 3 is 1.22 bits per heavy atom. The second-order valence-electron chi connectivity index (χ2n) is 0.758. The quantitative estimate of drug-likeness (QED) is 0.460. The van der Waals surface area contributed by atoms with Crippen molar-refractivity contribution in [2.45, 2.75) is 6.18 Å². The van der Waals surface area contributed by atoms with E-state index in [1.807, 2.05) is 0 Å². The van der Waals surface area contributed by atoms with E-state index in [9.17, 15) is 13.2 Å². The maximum atomic E-state index is 10.9. The summed E-state index contributed by atoms with van der Waals surface area (Å²) in [6.07, 6.45) is -4.55. The van der Waals surface area contributed by atoms with Gasteiger partial charge in [-0.2, -0.15) is 0 Å². The van der Waals surface area contributed by atoms with Crippen LogP contribution in [0.5, 0.6) is 0 Å². The fourth-order valence-electron chi connectivity index (χ4n) is 0. The third kappa shape index (κ3) is 9.28. The van der Waals surface area contributed by atoms with Crippen LogP contribution in [0.4, 0.5) is 13.2 Å². The standard InChI is InChI=1S/C2Cl2F3.ClH.Zn/c3-1(4)2(5,6)7;;/h;1H;/q-1;;. The predicted molar refractivity (Wildman–Crippen MR) is 28.3 cm³/mol. The van der Waals surface area contributed by atoms with Crippen LogP contribution in [0.15, 0.2) is 0 Å². The van der Waals surface area contributed by atoms with Crippen LogP contribution in [0.1, 0.15) is 0 Å². The first-order valence-electron chi connectivity index (χ1n) is 1.19. The molecule has 0 aromatic carbocycles. The molecule has 0 aliphatic heterocycles. The average molecular weight is 254 g/mol. The summed E-state index contributed by atoms with van der Waals surface area (Å²) in [5.41, 5.74) is 0. The maximum Gasteiger partial charge on any atom is 0.298 e. The number of hydrogen-bond donors (Lipinski definition) is 0. The van der Waals surface area contributed by atoms with Gasteiger partial charge in [0.05, 0.1) is 0 Å². The van der Waals surface area contributed by atoms with Gasteiger partial charge in [0.25, 0.3) is 6.18 Å². The summed E-state index contributed by atoms with van der Waals surface area (Å²) in [4.78, 5) is -1.56. The summed E-state index contributed by atoms with van der Waals surface area (Å²) in [6, 6.07) is 0. The number of hydrogen-bond acceptors (Lipinski definition) is 0. The van der Waals surface area contributed by atoms with Gasteiger partial charge in [0.2, 0.25) is 0 Å². The molecule has 54 valence electrons. The van der Waals surface area contributed by atoms with Crippen LogP contribution < -0.4 is 0 Å². The van der Waals surface area contributed by atoms with Crippen LogP contribution in [-0.4, -0.2) is 6.18 Å². The van der Waals surface area contributed by atoms with Crippen molar-refractivity contribution >= 4 is 35.6 Å². The predicted octanol–water partition coefficient (Wildman–Crippen LogP) is 2.94. The summed E-state index contributed by atoms with van der Waals surface area (Å²) >= 11 is 8.62. The summed E-state index contributed by atoms with van der Waals surface area (Å²) in [5, 5.41) is 0. The molecule has 0 saturated heterocycles. The number of halogens is 6. The Hall–Kier alpha value is 1.28. The van der Waals surface area contributed by atoms with Crippen LogP contribution in [0, 0.1) is 4.84 Å². The molecule has 0 aromatic heterocycles. The summed E-state index contributed by atoms with van der Waals surface area (Å²) in [7, 11) is 0. The van der Waals surface area contributed by atoms with E-state index in [2.05, 4.69) is 23.2 Å². The van der Waals surface area contributed by atoms with E-state index in [0.29, 0.717) is 0 Å². The largest absolute Gasteiger partial charge is 0.320 e. The molecule has 0 nitrogen and oxygen atoms in total. The van der Waals surface area contributed by atoms with Crippen molar-refractivity contribution in [3.63, 3.8) is 0 Å². The Balaban J connectivity index is -0.000000180. The van der Waals surface area contributed by atoms with E-state index < -0.39 is 11.0 Å². The molecule has 0 aliphatic rings. The van der Waals surface area contributed by atoms with Crippen LogP contribution in [0.2, 0.25) is 0 Å². The fourth-order valence-corrected chi connectivity index (χ4v) is 0. The molecule has 0 heterocycles. The van der Waals surface area contributed by atoms with Gasteiger partial charge in [-0.25, -0.2) is 13.2 Å².